The van der Waals surface area contributed by atoms with Gasteiger partial charge in [-0.2, -0.15) is 0 Å². The minimum atomic E-state index is -0.241. The Labute approximate surface area is 94.8 Å². The smallest absolute Gasteiger partial charge is 0.325 e. The average Bonchev–Trinajstić information content (AvgIpc) is 2.78. The van der Waals surface area contributed by atoms with Crippen molar-refractivity contribution in [3.63, 3.8) is 0 Å². The zero-order valence-electron chi connectivity index (χ0n) is 9.48. The highest BCUT2D eigenvalue weighted by molar-refractivity contribution is 5.69. The molecule has 0 aliphatic carbocycles. The molecule has 2 rings (SSSR count). The topological polar surface area (TPSA) is 56.2 Å². The van der Waals surface area contributed by atoms with Crippen LogP contribution in [-0.4, -0.2) is 29.2 Å². The number of hydrogen-bond donors (Lipinski definition) is 1. The highest BCUT2D eigenvalue weighted by Crippen LogP contribution is 2.22. The van der Waals surface area contributed by atoms with Gasteiger partial charge < -0.3 is 14.6 Å². The highest BCUT2D eigenvalue weighted by atomic mass is 16.5. The van der Waals surface area contributed by atoms with Crippen molar-refractivity contribution in [2.24, 2.45) is 0 Å². The van der Waals surface area contributed by atoms with E-state index in [1.54, 1.807) is 6.33 Å². The number of nitrogens with zero attached hydrogens (tertiary/aromatic N) is 2. The van der Waals surface area contributed by atoms with E-state index < -0.39 is 0 Å². The number of carbonyl (C=O) groups is 1. The van der Waals surface area contributed by atoms with Gasteiger partial charge in [0.2, 0.25) is 0 Å². The van der Waals surface area contributed by atoms with Gasteiger partial charge in [-0.1, -0.05) is 6.42 Å². The zero-order chi connectivity index (χ0) is 11.4. The van der Waals surface area contributed by atoms with Crippen LogP contribution in [0.4, 0.5) is 0 Å². The van der Waals surface area contributed by atoms with E-state index in [1.165, 1.54) is 20.0 Å². The van der Waals surface area contributed by atoms with Crippen LogP contribution in [0.5, 0.6) is 0 Å². The van der Waals surface area contributed by atoms with Gasteiger partial charge in [-0.25, -0.2) is 4.98 Å². The second-order valence-corrected chi connectivity index (χ2v) is 4.03. The standard InChI is InChI=1S/C11H17N3O2/c1-16-11(15)7-14-8-12-6-10(14)9-4-2-3-5-13-9/h6,8-9,13H,2-5,7H2,1H3. The first-order valence-electron chi connectivity index (χ1n) is 5.61. The molecule has 88 valence electrons. The van der Waals surface area contributed by atoms with Crippen molar-refractivity contribution >= 4 is 5.97 Å². The monoisotopic (exact) mass is 223 g/mol. The summed E-state index contributed by atoms with van der Waals surface area (Å²) in [4.78, 5) is 15.3. The Balaban J connectivity index is 2.08. The molecular formula is C11H17N3O2. The summed E-state index contributed by atoms with van der Waals surface area (Å²) in [7, 11) is 1.40. The van der Waals surface area contributed by atoms with E-state index in [-0.39, 0.29) is 12.5 Å². The van der Waals surface area contributed by atoms with E-state index >= 15 is 0 Å². The van der Waals surface area contributed by atoms with Gasteiger partial charge in [-0.05, 0) is 19.4 Å². The molecule has 0 aromatic carbocycles. The lowest BCUT2D eigenvalue weighted by atomic mass is 10.0. The number of ether oxygens (including phenoxy) is 1. The Morgan fingerprint density at radius 3 is 3.25 bits per heavy atom. The van der Waals surface area contributed by atoms with Crippen molar-refractivity contribution in [1.82, 2.24) is 14.9 Å². The van der Waals surface area contributed by atoms with Gasteiger partial charge in [0, 0.05) is 12.2 Å². The maximum Gasteiger partial charge on any atom is 0.325 e. The molecule has 0 spiro atoms. The third kappa shape index (κ3) is 2.41. The van der Waals surface area contributed by atoms with Crippen LogP contribution >= 0.6 is 0 Å². The van der Waals surface area contributed by atoms with Gasteiger partial charge in [0.05, 0.1) is 19.1 Å². The van der Waals surface area contributed by atoms with Crippen LogP contribution in [0.25, 0.3) is 0 Å². The third-order valence-corrected chi connectivity index (χ3v) is 2.94. The number of imidazole rings is 1. The fraction of sp³-hybridized carbons (Fsp3) is 0.636. The first kappa shape index (κ1) is 11.1. The summed E-state index contributed by atoms with van der Waals surface area (Å²) in [5.74, 6) is -0.241. The predicted molar refractivity (Wildman–Crippen MR) is 58.8 cm³/mol. The summed E-state index contributed by atoms with van der Waals surface area (Å²) in [6.07, 6.45) is 7.06. The van der Waals surface area contributed by atoms with Crippen molar-refractivity contribution < 1.29 is 9.53 Å². The van der Waals surface area contributed by atoms with E-state index in [0.29, 0.717) is 6.04 Å². The third-order valence-electron chi connectivity index (χ3n) is 2.94. The Kier molecular flexibility index (Phi) is 3.56. The van der Waals surface area contributed by atoms with Crippen LogP contribution in [-0.2, 0) is 16.1 Å². The van der Waals surface area contributed by atoms with Gasteiger partial charge >= 0.3 is 5.97 Å². The van der Waals surface area contributed by atoms with Crippen LogP contribution in [0, 0.1) is 0 Å². The van der Waals surface area contributed by atoms with Gasteiger partial charge in [-0.15, -0.1) is 0 Å². The normalized spacial score (nSPS) is 20.7. The fourth-order valence-electron chi connectivity index (χ4n) is 2.06. The van der Waals surface area contributed by atoms with Crippen molar-refractivity contribution in [2.45, 2.75) is 31.8 Å². The molecule has 1 unspecified atom stereocenters. The van der Waals surface area contributed by atoms with Gasteiger partial charge in [0.25, 0.3) is 0 Å². The molecule has 0 saturated carbocycles. The minimum Gasteiger partial charge on any atom is -0.468 e. The number of carbonyl (C=O) groups excluding carboxylic acids is 1. The molecule has 2 heterocycles. The lowest BCUT2D eigenvalue weighted by Gasteiger charge is -2.24. The summed E-state index contributed by atoms with van der Waals surface area (Å²) in [6.45, 7) is 1.28. The molecule has 1 aliphatic rings. The zero-order valence-corrected chi connectivity index (χ0v) is 9.48. The van der Waals surface area contributed by atoms with E-state index in [1.807, 2.05) is 10.8 Å². The Morgan fingerprint density at radius 1 is 1.69 bits per heavy atom. The van der Waals surface area contributed by atoms with Crippen LogP contribution in [0.2, 0.25) is 0 Å². The number of aromatic nitrogens is 2. The van der Waals surface area contributed by atoms with Gasteiger partial charge in [-0.3, -0.25) is 4.79 Å². The molecule has 0 amide bonds. The van der Waals surface area contributed by atoms with Crippen LogP contribution in [0.15, 0.2) is 12.5 Å². The molecule has 1 saturated heterocycles. The summed E-state index contributed by atoms with van der Waals surface area (Å²) < 4.78 is 6.51. The SMILES string of the molecule is COC(=O)Cn1cncc1C1CCCCN1. The van der Waals surface area contributed by atoms with Crippen molar-refractivity contribution in [1.29, 1.82) is 0 Å². The second-order valence-electron chi connectivity index (χ2n) is 4.03. The first-order chi connectivity index (χ1) is 7.81. The number of hydrogen-bond acceptors (Lipinski definition) is 4. The number of esters is 1. The van der Waals surface area contributed by atoms with Gasteiger partial charge in [0.15, 0.2) is 0 Å². The average molecular weight is 223 g/mol. The summed E-state index contributed by atoms with van der Waals surface area (Å²) >= 11 is 0. The molecule has 0 radical (unpaired) electrons. The molecule has 1 aromatic rings. The molecule has 0 bridgehead atoms. The summed E-state index contributed by atoms with van der Waals surface area (Å²) in [5, 5.41) is 3.44. The molecule has 1 aromatic heterocycles. The Hall–Kier alpha value is -1.36. The van der Waals surface area contributed by atoms with Crippen LogP contribution in [0.1, 0.15) is 31.0 Å². The fourth-order valence-corrected chi connectivity index (χ4v) is 2.06. The van der Waals surface area contributed by atoms with Gasteiger partial charge in [0.1, 0.15) is 6.54 Å². The van der Waals surface area contributed by atoms with Crippen LogP contribution in [0.3, 0.4) is 0 Å². The highest BCUT2D eigenvalue weighted by Gasteiger charge is 2.19. The van der Waals surface area contributed by atoms with Crippen molar-refractivity contribution in [2.75, 3.05) is 13.7 Å². The molecule has 5 heteroatoms. The predicted octanol–water partition coefficient (Wildman–Crippen LogP) is 0.871. The second kappa shape index (κ2) is 5.12. The van der Waals surface area contributed by atoms with E-state index in [2.05, 4.69) is 15.0 Å². The lowest BCUT2D eigenvalue weighted by Crippen LogP contribution is -2.29. The van der Waals surface area contributed by atoms with Crippen LogP contribution < -0.4 is 5.32 Å². The lowest BCUT2D eigenvalue weighted by molar-refractivity contribution is -0.141. The quantitative estimate of drug-likeness (QED) is 0.772. The minimum absolute atomic E-state index is 0.240. The maximum absolute atomic E-state index is 11.2. The van der Waals surface area contributed by atoms with E-state index in [0.717, 1.165) is 18.7 Å². The molecule has 1 aliphatic heterocycles. The number of methoxy groups -OCH3 is 1. The molecule has 1 fully saturated rings. The maximum atomic E-state index is 11.2. The molecular weight excluding hydrogens is 206 g/mol. The Bertz CT molecular complexity index is 356. The Morgan fingerprint density at radius 2 is 2.56 bits per heavy atom. The van der Waals surface area contributed by atoms with E-state index in [9.17, 15) is 4.79 Å². The first-order valence-corrected chi connectivity index (χ1v) is 5.61. The number of rotatable bonds is 3. The molecule has 1 atom stereocenters. The molecule has 1 N–H and O–H groups in total. The largest absolute Gasteiger partial charge is 0.468 e. The van der Waals surface area contributed by atoms with Crippen molar-refractivity contribution in [3.05, 3.63) is 18.2 Å². The van der Waals surface area contributed by atoms with E-state index in [4.69, 9.17) is 0 Å². The summed E-state index contributed by atoms with van der Waals surface area (Å²) in [5.41, 5.74) is 1.07. The number of nitrogens with one attached hydrogen (secondary N) is 1. The molecule has 5 nitrogen and oxygen atoms in total. The van der Waals surface area contributed by atoms with Crippen molar-refractivity contribution in [3.8, 4) is 0 Å². The molecule has 16 heavy (non-hydrogen) atoms. The summed E-state index contributed by atoms with van der Waals surface area (Å²) in [6, 6.07) is 0.320. The number of piperidine rings is 1.